The molecule has 1 fully saturated rings. The SMILES string of the molecule is C=C1C(=O)O[C@H]2c3c(C)c(OCc4cc(C(F)(F)F)ccc4OC)cc(C)c3CC[C@@H]12. The first-order valence-electron chi connectivity index (χ1n) is 10.0. The topological polar surface area (TPSA) is 44.8 Å². The molecule has 0 radical (unpaired) electrons. The summed E-state index contributed by atoms with van der Waals surface area (Å²) in [6.45, 7) is 7.63. The average Bonchev–Trinajstić information content (AvgIpc) is 3.02. The molecule has 0 spiro atoms. The molecule has 2 atom stereocenters. The van der Waals surface area contributed by atoms with Crippen molar-refractivity contribution in [3.8, 4) is 11.5 Å². The van der Waals surface area contributed by atoms with Gasteiger partial charge in [-0.15, -0.1) is 0 Å². The highest BCUT2D eigenvalue weighted by molar-refractivity contribution is 5.91. The lowest BCUT2D eigenvalue weighted by molar-refractivity contribution is -0.140. The van der Waals surface area contributed by atoms with Gasteiger partial charge in [0, 0.05) is 22.6 Å². The van der Waals surface area contributed by atoms with Crippen LogP contribution in [0.25, 0.3) is 0 Å². The van der Waals surface area contributed by atoms with E-state index < -0.39 is 17.8 Å². The summed E-state index contributed by atoms with van der Waals surface area (Å²) < 4.78 is 56.2. The van der Waals surface area contributed by atoms with Crippen LogP contribution in [0.1, 0.15) is 45.9 Å². The molecule has 0 saturated carbocycles. The Balaban J connectivity index is 1.67. The van der Waals surface area contributed by atoms with E-state index in [0.29, 0.717) is 22.6 Å². The average molecular weight is 432 g/mol. The Labute approximate surface area is 178 Å². The maximum atomic E-state index is 13.1. The van der Waals surface area contributed by atoms with Crippen molar-refractivity contribution in [3.05, 3.63) is 69.8 Å². The number of ether oxygens (including phenoxy) is 3. The molecule has 0 aromatic heterocycles. The molecule has 0 N–H and O–H groups in total. The summed E-state index contributed by atoms with van der Waals surface area (Å²) in [6, 6.07) is 5.21. The van der Waals surface area contributed by atoms with Crippen molar-refractivity contribution in [2.24, 2.45) is 5.92 Å². The van der Waals surface area contributed by atoms with E-state index in [1.807, 2.05) is 19.9 Å². The molecular weight excluding hydrogens is 409 g/mol. The molecule has 4 rings (SSSR count). The molecule has 1 aliphatic carbocycles. The zero-order valence-electron chi connectivity index (χ0n) is 17.6. The Morgan fingerprint density at radius 1 is 1.19 bits per heavy atom. The number of carbonyl (C=O) groups is 1. The van der Waals surface area contributed by atoms with Crippen LogP contribution in [0.3, 0.4) is 0 Å². The maximum absolute atomic E-state index is 13.1. The number of methoxy groups -OCH3 is 1. The molecule has 31 heavy (non-hydrogen) atoms. The van der Waals surface area contributed by atoms with Gasteiger partial charge in [-0.1, -0.05) is 6.58 Å². The zero-order valence-corrected chi connectivity index (χ0v) is 17.6. The van der Waals surface area contributed by atoms with Gasteiger partial charge >= 0.3 is 12.1 Å². The van der Waals surface area contributed by atoms with Gasteiger partial charge in [-0.25, -0.2) is 4.79 Å². The van der Waals surface area contributed by atoms with Gasteiger partial charge in [0.2, 0.25) is 0 Å². The molecule has 1 saturated heterocycles. The van der Waals surface area contributed by atoms with Crippen LogP contribution in [-0.4, -0.2) is 13.1 Å². The van der Waals surface area contributed by atoms with E-state index in [0.717, 1.165) is 47.2 Å². The molecule has 1 aliphatic heterocycles. The summed E-state index contributed by atoms with van der Waals surface area (Å²) in [5.41, 5.74) is 3.91. The third kappa shape index (κ3) is 3.66. The van der Waals surface area contributed by atoms with Gasteiger partial charge in [-0.2, -0.15) is 13.2 Å². The van der Waals surface area contributed by atoms with Crippen molar-refractivity contribution in [2.75, 3.05) is 7.11 Å². The summed E-state index contributed by atoms with van der Waals surface area (Å²) in [6.07, 6.45) is -3.25. The predicted molar refractivity (Wildman–Crippen MR) is 108 cm³/mol. The number of fused-ring (bicyclic) bond motifs is 3. The highest BCUT2D eigenvalue weighted by atomic mass is 19.4. The first-order valence-corrected chi connectivity index (χ1v) is 10.0. The van der Waals surface area contributed by atoms with E-state index in [2.05, 4.69) is 6.58 Å². The molecule has 7 heteroatoms. The largest absolute Gasteiger partial charge is 0.496 e. The molecule has 0 unspecified atom stereocenters. The zero-order chi connectivity index (χ0) is 22.5. The highest BCUT2D eigenvalue weighted by Gasteiger charge is 2.44. The molecule has 2 aliphatic rings. The Hall–Kier alpha value is -2.96. The van der Waals surface area contributed by atoms with E-state index in [1.165, 1.54) is 13.2 Å². The van der Waals surface area contributed by atoms with Gasteiger partial charge in [-0.3, -0.25) is 0 Å². The molecule has 164 valence electrons. The second kappa shape index (κ2) is 7.62. The van der Waals surface area contributed by atoms with Crippen molar-refractivity contribution < 1.29 is 32.2 Å². The minimum atomic E-state index is -4.46. The number of esters is 1. The van der Waals surface area contributed by atoms with Gasteiger partial charge in [0.05, 0.1) is 12.7 Å². The van der Waals surface area contributed by atoms with E-state index in [-0.39, 0.29) is 18.5 Å². The van der Waals surface area contributed by atoms with Crippen LogP contribution in [0.15, 0.2) is 36.4 Å². The van der Waals surface area contributed by atoms with Crippen LogP contribution in [-0.2, 0) is 28.7 Å². The van der Waals surface area contributed by atoms with Crippen molar-refractivity contribution >= 4 is 5.97 Å². The number of hydrogen-bond donors (Lipinski definition) is 0. The monoisotopic (exact) mass is 432 g/mol. The van der Waals surface area contributed by atoms with E-state index in [1.54, 1.807) is 0 Å². The molecule has 1 heterocycles. The minimum absolute atomic E-state index is 0.0584. The fraction of sp³-hybridized carbons (Fsp3) is 0.375. The second-order valence-electron chi connectivity index (χ2n) is 8.02. The number of benzene rings is 2. The number of halogens is 3. The third-order valence-electron chi connectivity index (χ3n) is 6.21. The van der Waals surface area contributed by atoms with Gasteiger partial charge in [0.25, 0.3) is 0 Å². The summed E-state index contributed by atoms with van der Waals surface area (Å²) in [7, 11) is 1.40. The lowest BCUT2D eigenvalue weighted by Crippen LogP contribution is -2.20. The minimum Gasteiger partial charge on any atom is -0.496 e. The van der Waals surface area contributed by atoms with Crippen molar-refractivity contribution in [3.63, 3.8) is 0 Å². The van der Waals surface area contributed by atoms with E-state index >= 15 is 0 Å². The number of hydrogen-bond acceptors (Lipinski definition) is 4. The fourth-order valence-corrected chi connectivity index (χ4v) is 4.55. The van der Waals surface area contributed by atoms with Gasteiger partial charge in [0.1, 0.15) is 24.2 Å². The number of alkyl halides is 3. The first-order chi connectivity index (χ1) is 14.6. The van der Waals surface area contributed by atoms with Crippen LogP contribution >= 0.6 is 0 Å². The highest BCUT2D eigenvalue weighted by Crippen LogP contribution is 2.49. The fourth-order valence-electron chi connectivity index (χ4n) is 4.55. The van der Waals surface area contributed by atoms with Crippen LogP contribution in [0.5, 0.6) is 11.5 Å². The summed E-state index contributed by atoms with van der Waals surface area (Å²) in [5, 5.41) is 0. The Bertz CT molecular complexity index is 1070. The first kappa shape index (κ1) is 21.3. The van der Waals surface area contributed by atoms with Crippen molar-refractivity contribution in [1.82, 2.24) is 0 Å². The lowest BCUT2D eigenvalue weighted by Gasteiger charge is -2.30. The summed E-state index contributed by atoms with van der Waals surface area (Å²) >= 11 is 0. The van der Waals surface area contributed by atoms with E-state index in [4.69, 9.17) is 14.2 Å². The van der Waals surface area contributed by atoms with E-state index in [9.17, 15) is 18.0 Å². The molecule has 0 amide bonds. The van der Waals surface area contributed by atoms with Crippen molar-refractivity contribution in [1.29, 1.82) is 0 Å². The lowest BCUT2D eigenvalue weighted by atomic mass is 9.76. The molecule has 2 aromatic carbocycles. The normalized spacial score (nSPS) is 20.2. The maximum Gasteiger partial charge on any atom is 0.416 e. The van der Waals surface area contributed by atoms with Gasteiger partial charge in [0.15, 0.2) is 0 Å². The smallest absolute Gasteiger partial charge is 0.416 e. The molecular formula is C24H23F3O4. The third-order valence-corrected chi connectivity index (χ3v) is 6.21. The Morgan fingerprint density at radius 2 is 1.94 bits per heavy atom. The second-order valence-corrected chi connectivity index (χ2v) is 8.02. The Morgan fingerprint density at radius 3 is 2.61 bits per heavy atom. The molecule has 2 aromatic rings. The quantitative estimate of drug-likeness (QED) is 0.464. The van der Waals surface area contributed by atoms with Crippen LogP contribution in [0.2, 0.25) is 0 Å². The molecule has 4 nitrogen and oxygen atoms in total. The van der Waals surface area contributed by atoms with Gasteiger partial charge < -0.3 is 14.2 Å². The number of rotatable bonds is 4. The van der Waals surface area contributed by atoms with Crippen molar-refractivity contribution in [2.45, 2.75) is 45.6 Å². The standard InChI is InChI=1S/C24H23F3O4/c1-12-9-20(30-11-15-10-16(24(25,26)27)5-8-19(15)29-4)14(3)21-17(12)6-7-18-13(2)23(28)31-22(18)21/h5,8-10,18,22H,2,6-7,11H2,1,3-4H3/t18-,22+/m0/s1. The van der Waals surface area contributed by atoms with Crippen LogP contribution in [0.4, 0.5) is 13.2 Å². The summed E-state index contributed by atoms with van der Waals surface area (Å²) in [4.78, 5) is 12.1. The number of aryl methyl sites for hydroxylation is 1. The van der Waals surface area contributed by atoms with Crippen LogP contribution in [0, 0.1) is 19.8 Å². The van der Waals surface area contributed by atoms with Gasteiger partial charge in [-0.05, 0) is 67.6 Å². The molecule has 0 bridgehead atoms. The van der Waals surface area contributed by atoms with Crippen LogP contribution < -0.4 is 9.47 Å². The predicted octanol–water partition coefficient (Wildman–Crippen LogP) is 5.63. The number of carbonyl (C=O) groups excluding carboxylic acids is 1. The summed E-state index contributed by atoms with van der Waals surface area (Å²) in [5.74, 6) is 0.434. The Kier molecular flexibility index (Phi) is 5.23.